The van der Waals surface area contributed by atoms with E-state index in [9.17, 15) is 9.59 Å². The molecule has 3 nitrogen and oxygen atoms in total. The summed E-state index contributed by atoms with van der Waals surface area (Å²) in [5.74, 6) is 3.33. The van der Waals surface area contributed by atoms with Crippen molar-refractivity contribution in [3.63, 3.8) is 0 Å². The van der Waals surface area contributed by atoms with Crippen molar-refractivity contribution in [1.82, 2.24) is 0 Å². The van der Waals surface area contributed by atoms with Crippen molar-refractivity contribution >= 4 is 11.8 Å². The molecule has 0 bridgehead atoms. The SMILES string of the molecule is COC(=O)C#CC(=O)C(C)(C)C. The van der Waals surface area contributed by atoms with Gasteiger partial charge in [0.05, 0.1) is 7.11 Å². The lowest BCUT2D eigenvalue weighted by Gasteiger charge is -2.10. The van der Waals surface area contributed by atoms with Gasteiger partial charge in [0, 0.05) is 11.3 Å². The van der Waals surface area contributed by atoms with Crippen LogP contribution >= 0.6 is 0 Å². The van der Waals surface area contributed by atoms with Gasteiger partial charge in [0.1, 0.15) is 0 Å². The number of ether oxygens (including phenoxy) is 1. The first kappa shape index (κ1) is 10.7. The number of Topliss-reactive ketones (excluding diaryl/α,β-unsaturated/α-hetero) is 1. The maximum absolute atomic E-state index is 11.1. The molecule has 0 heterocycles. The Morgan fingerprint density at radius 2 is 1.67 bits per heavy atom. The van der Waals surface area contributed by atoms with Crippen LogP contribution in [0.1, 0.15) is 20.8 Å². The number of hydrogen-bond donors (Lipinski definition) is 0. The largest absolute Gasteiger partial charge is 0.459 e. The van der Waals surface area contributed by atoms with Crippen LogP contribution in [-0.4, -0.2) is 18.9 Å². The molecule has 0 aliphatic rings. The molecule has 0 rings (SSSR count). The topological polar surface area (TPSA) is 43.4 Å². The number of ketones is 1. The molecule has 0 amide bonds. The van der Waals surface area contributed by atoms with Gasteiger partial charge in [-0.05, 0) is 5.92 Å². The van der Waals surface area contributed by atoms with Gasteiger partial charge in [0.25, 0.3) is 0 Å². The number of carbonyl (C=O) groups excluding carboxylic acids is 2. The Kier molecular flexibility index (Phi) is 3.49. The first-order chi connectivity index (χ1) is 5.38. The minimum atomic E-state index is -0.687. The Morgan fingerprint density at radius 3 is 2.00 bits per heavy atom. The fourth-order valence-corrected chi connectivity index (χ4v) is 0.346. The zero-order valence-corrected chi connectivity index (χ0v) is 7.72. The third kappa shape index (κ3) is 3.77. The van der Waals surface area contributed by atoms with E-state index < -0.39 is 11.4 Å². The van der Waals surface area contributed by atoms with Gasteiger partial charge < -0.3 is 4.74 Å². The lowest BCUT2D eigenvalue weighted by atomic mass is 9.91. The summed E-state index contributed by atoms with van der Waals surface area (Å²) in [6, 6.07) is 0. The van der Waals surface area contributed by atoms with Crippen LogP contribution in [0.25, 0.3) is 0 Å². The van der Waals surface area contributed by atoms with Gasteiger partial charge in [-0.3, -0.25) is 4.79 Å². The average molecular weight is 168 g/mol. The number of methoxy groups -OCH3 is 1. The number of hydrogen-bond acceptors (Lipinski definition) is 3. The van der Waals surface area contributed by atoms with Gasteiger partial charge in [-0.15, -0.1) is 0 Å². The molecule has 0 atom stereocenters. The van der Waals surface area contributed by atoms with Crippen LogP contribution in [0.4, 0.5) is 0 Å². The highest BCUT2D eigenvalue weighted by Gasteiger charge is 2.18. The third-order valence-corrected chi connectivity index (χ3v) is 1.14. The number of carbonyl (C=O) groups is 2. The molecule has 0 saturated carbocycles. The summed E-state index contributed by atoms with van der Waals surface area (Å²) < 4.78 is 4.25. The van der Waals surface area contributed by atoms with E-state index >= 15 is 0 Å². The standard InChI is InChI=1S/C9H12O3/c1-9(2,3)7(10)5-6-8(11)12-4/h1-4H3. The van der Waals surface area contributed by atoms with Crippen molar-refractivity contribution in [1.29, 1.82) is 0 Å². The summed E-state index contributed by atoms with van der Waals surface area (Å²) in [6.07, 6.45) is 0. The lowest BCUT2D eigenvalue weighted by molar-refractivity contribution is -0.134. The molecular formula is C9H12O3. The number of esters is 1. The van der Waals surface area contributed by atoms with E-state index in [1.54, 1.807) is 20.8 Å². The lowest BCUT2D eigenvalue weighted by Crippen LogP contribution is -2.18. The summed E-state index contributed by atoms with van der Waals surface area (Å²) in [4.78, 5) is 21.6. The summed E-state index contributed by atoms with van der Waals surface area (Å²) in [7, 11) is 1.22. The molecule has 0 aromatic heterocycles. The Labute approximate surface area is 72.1 Å². The van der Waals surface area contributed by atoms with Gasteiger partial charge >= 0.3 is 5.97 Å². The molecule has 0 saturated heterocycles. The first-order valence-corrected chi connectivity index (χ1v) is 3.52. The molecule has 0 N–H and O–H groups in total. The van der Waals surface area contributed by atoms with E-state index in [4.69, 9.17) is 0 Å². The molecule has 0 aromatic carbocycles. The van der Waals surface area contributed by atoms with E-state index in [1.807, 2.05) is 0 Å². The monoisotopic (exact) mass is 168 g/mol. The quantitative estimate of drug-likeness (QED) is 0.232. The van der Waals surface area contributed by atoms with E-state index in [0.717, 1.165) is 0 Å². The van der Waals surface area contributed by atoms with Crippen molar-refractivity contribution in [2.24, 2.45) is 5.41 Å². The molecule has 0 spiro atoms. The summed E-state index contributed by atoms with van der Waals surface area (Å²) in [6.45, 7) is 5.21. The highest BCUT2D eigenvalue weighted by molar-refractivity contribution is 6.04. The van der Waals surface area contributed by atoms with E-state index in [-0.39, 0.29) is 5.78 Å². The van der Waals surface area contributed by atoms with Gasteiger partial charge in [-0.1, -0.05) is 20.8 Å². The average Bonchev–Trinajstić information content (AvgIpc) is 1.97. The van der Waals surface area contributed by atoms with Gasteiger partial charge in [0.15, 0.2) is 0 Å². The van der Waals surface area contributed by atoms with Crippen molar-refractivity contribution in [2.75, 3.05) is 7.11 Å². The molecular weight excluding hydrogens is 156 g/mol. The first-order valence-electron chi connectivity index (χ1n) is 3.52. The molecule has 0 unspecified atom stereocenters. The molecule has 0 aliphatic carbocycles. The van der Waals surface area contributed by atoms with E-state index in [0.29, 0.717) is 0 Å². The molecule has 0 aliphatic heterocycles. The second-order valence-corrected chi connectivity index (χ2v) is 3.32. The van der Waals surface area contributed by atoms with Crippen LogP contribution in [0.2, 0.25) is 0 Å². The number of rotatable bonds is 0. The van der Waals surface area contributed by atoms with Crippen molar-refractivity contribution in [3.05, 3.63) is 0 Å². The molecule has 12 heavy (non-hydrogen) atoms. The van der Waals surface area contributed by atoms with Crippen LogP contribution < -0.4 is 0 Å². The maximum atomic E-state index is 11.1. The third-order valence-electron chi connectivity index (χ3n) is 1.14. The Balaban J connectivity index is 4.34. The molecule has 66 valence electrons. The highest BCUT2D eigenvalue weighted by Crippen LogP contribution is 2.13. The van der Waals surface area contributed by atoms with E-state index in [1.165, 1.54) is 7.11 Å². The van der Waals surface area contributed by atoms with Crippen LogP contribution in [0, 0.1) is 17.3 Å². The molecule has 0 fully saturated rings. The van der Waals surface area contributed by atoms with E-state index in [2.05, 4.69) is 16.6 Å². The van der Waals surface area contributed by atoms with Crippen molar-refractivity contribution in [3.8, 4) is 11.8 Å². The predicted molar refractivity (Wildman–Crippen MR) is 44.3 cm³/mol. The minimum Gasteiger partial charge on any atom is -0.459 e. The Morgan fingerprint density at radius 1 is 1.17 bits per heavy atom. The van der Waals surface area contributed by atoms with Crippen molar-refractivity contribution < 1.29 is 14.3 Å². The fraction of sp³-hybridized carbons (Fsp3) is 0.556. The van der Waals surface area contributed by atoms with Crippen LogP contribution in [0.5, 0.6) is 0 Å². The second kappa shape index (κ2) is 3.91. The summed E-state index contributed by atoms with van der Waals surface area (Å²) in [5.41, 5.74) is -0.527. The second-order valence-electron chi connectivity index (χ2n) is 3.32. The Hall–Kier alpha value is -1.30. The zero-order valence-electron chi connectivity index (χ0n) is 7.72. The highest BCUT2D eigenvalue weighted by atomic mass is 16.5. The maximum Gasteiger partial charge on any atom is 0.384 e. The van der Waals surface area contributed by atoms with Gasteiger partial charge in [0.2, 0.25) is 5.78 Å². The van der Waals surface area contributed by atoms with Crippen molar-refractivity contribution in [2.45, 2.75) is 20.8 Å². The zero-order chi connectivity index (χ0) is 9.78. The minimum absolute atomic E-state index is 0.270. The van der Waals surface area contributed by atoms with Crippen LogP contribution in [-0.2, 0) is 14.3 Å². The smallest absolute Gasteiger partial charge is 0.384 e. The predicted octanol–water partition coefficient (Wildman–Crippen LogP) is 0.778. The van der Waals surface area contributed by atoms with Gasteiger partial charge in [-0.25, -0.2) is 4.79 Å². The molecule has 0 aromatic rings. The van der Waals surface area contributed by atoms with Crippen LogP contribution in [0.15, 0.2) is 0 Å². The summed E-state index contributed by atoms with van der Waals surface area (Å²) >= 11 is 0. The van der Waals surface area contributed by atoms with Crippen LogP contribution in [0.3, 0.4) is 0 Å². The fourth-order valence-electron chi connectivity index (χ4n) is 0.346. The Bertz CT molecular complexity index is 247. The van der Waals surface area contributed by atoms with Gasteiger partial charge in [-0.2, -0.15) is 0 Å². The molecule has 3 heteroatoms. The summed E-state index contributed by atoms with van der Waals surface area (Å²) in [5, 5.41) is 0. The molecule has 0 radical (unpaired) electrons. The normalized spacial score (nSPS) is 9.67.